The number of aliphatic hydroxyl groups excluding tert-OH is 1. The molecule has 0 bridgehead atoms. The number of rotatable bonds is 9. The average molecular weight is 525 g/mol. The fourth-order valence-corrected chi connectivity index (χ4v) is 4.50. The molecule has 1 aliphatic rings. The van der Waals surface area contributed by atoms with Crippen LogP contribution in [0.15, 0.2) is 66.3 Å². The molecule has 0 amide bonds. The number of aromatic nitrogens is 5. The number of anilines is 1. The number of benzene rings is 1. The van der Waals surface area contributed by atoms with Crippen molar-refractivity contribution in [2.45, 2.75) is 39.7 Å². The second-order valence-corrected chi connectivity index (χ2v) is 9.74. The molecule has 3 aromatic heterocycles. The summed E-state index contributed by atoms with van der Waals surface area (Å²) in [6, 6.07) is 13.4. The van der Waals surface area contributed by atoms with E-state index in [0.29, 0.717) is 36.3 Å². The summed E-state index contributed by atoms with van der Waals surface area (Å²) >= 11 is 0. The maximum atomic E-state index is 10.4. The highest BCUT2D eigenvalue weighted by molar-refractivity contribution is 5.81. The van der Waals surface area contributed by atoms with E-state index in [0.717, 1.165) is 46.7 Å². The van der Waals surface area contributed by atoms with Gasteiger partial charge in [0, 0.05) is 34.3 Å². The predicted octanol–water partition coefficient (Wildman–Crippen LogP) is 4.42. The number of fused-ring (bicyclic) bond motifs is 1. The number of aliphatic hydroxyl groups is 1. The van der Waals surface area contributed by atoms with Gasteiger partial charge in [0.05, 0.1) is 30.4 Å². The number of nitrogens with zero attached hydrogens (tertiary/aromatic N) is 6. The molecule has 10 nitrogen and oxygen atoms in total. The van der Waals surface area contributed by atoms with Gasteiger partial charge in [0.25, 0.3) is 0 Å². The van der Waals surface area contributed by atoms with E-state index in [-0.39, 0.29) is 5.69 Å². The highest BCUT2D eigenvalue weighted by Crippen LogP contribution is 2.26. The number of ether oxygens (including phenoxy) is 1. The molecule has 1 aromatic carbocycles. The number of hydrogen-bond donors (Lipinski definition) is 3. The second kappa shape index (κ2) is 11.1. The van der Waals surface area contributed by atoms with Crippen molar-refractivity contribution in [3.63, 3.8) is 0 Å². The Bertz CT molecular complexity index is 1600. The third-order valence-corrected chi connectivity index (χ3v) is 6.75. The van der Waals surface area contributed by atoms with E-state index in [2.05, 4.69) is 28.4 Å². The Morgan fingerprint density at radius 1 is 1.28 bits per heavy atom. The fraction of sp³-hybridized carbons (Fsp3) is 0.310. The predicted molar refractivity (Wildman–Crippen MR) is 149 cm³/mol. The summed E-state index contributed by atoms with van der Waals surface area (Å²) in [5.74, 6) is 1.40. The Hall–Kier alpha value is -4.46. The Morgan fingerprint density at radius 3 is 2.77 bits per heavy atom. The van der Waals surface area contributed by atoms with Crippen LogP contribution >= 0.6 is 0 Å². The third kappa shape index (κ3) is 5.41. The van der Waals surface area contributed by atoms with E-state index < -0.39 is 6.10 Å². The Labute approximate surface area is 227 Å². The Morgan fingerprint density at radius 2 is 2.10 bits per heavy atom. The number of pyridine rings is 1. The Balaban J connectivity index is 1.46. The molecule has 1 fully saturated rings. The van der Waals surface area contributed by atoms with Gasteiger partial charge in [-0.1, -0.05) is 13.3 Å². The van der Waals surface area contributed by atoms with Gasteiger partial charge in [0.15, 0.2) is 11.5 Å². The summed E-state index contributed by atoms with van der Waals surface area (Å²) in [5.41, 5.74) is 12.4. The summed E-state index contributed by atoms with van der Waals surface area (Å²) in [4.78, 5) is 9.45. The van der Waals surface area contributed by atoms with Crippen LogP contribution in [0.1, 0.15) is 49.7 Å². The van der Waals surface area contributed by atoms with Gasteiger partial charge in [0.1, 0.15) is 18.2 Å². The molecule has 4 N–H and O–H groups in total. The zero-order valence-corrected chi connectivity index (χ0v) is 22.3. The van der Waals surface area contributed by atoms with E-state index in [4.69, 9.17) is 15.5 Å². The van der Waals surface area contributed by atoms with Gasteiger partial charge in [0.2, 0.25) is 0 Å². The summed E-state index contributed by atoms with van der Waals surface area (Å²) in [6.07, 6.45) is 6.87. The SMILES string of the molecule is CCC/C(=C\C=C(/N)C1COC1)Nc1ccc2c(c1)ncn2-c1ccc(C(C)O)c(-n2nc(C#N)cc2C)n1. The average Bonchev–Trinajstić information content (AvgIpc) is 3.48. The minimum Gasteiger partial charge on any atom is -0.402 e. The number of imidazole rings is 1. The molecule has 0 aliphatic carbocycles. The maximum Gasteiger partial charge on any atom is 0.163 e. The highest BCUT2D eigenvalue weighted by Gasteiger charge is 2.20. The first kappa shape index (κ1) is 26.2. The van der Waals surface area contributed by atoms with Gasteiger partial charge < -0.3 is 20.9 Å². The maximum absolute atomic E-state index is 10.4. The Kier molecular flexibility index (Phi) is 7.45. The molecule has 200 valence electrons. The molecule has 4 aromatic rings. The lowest BCUT2D eigenvalue weighted by molar-refractivity contribution is -0.0139. The minimum absolute atomic E-state index is 0.288. The molecule has 1 saturated heterocycles. The molecule has 1 aliphatic heterocycles. The first-order valence-electron chi connectivity index (χ1n) is 13.0. The van der Waals surface area contributed by atoms with Crippen LogP contribution in [0, 0.1) is 24.2 Å². The lowest BCUT2D eigenvalue weighted by Crippen LogP contribution is -2.32. The second-order valence-electron chi connectivity index (χ2n) is 9.74. The molecule has 4 heterocycles. The summed E-state index contributed by atoms with van der Waals surface area (Å²) < 4.78 is 8.72. The van der Waals surface area contributed by atoms with Crippen molar-refractivity contribution >= 4 is 16.7 Å². The smallest absolute Gasteiger partial charge is 0.163 e. The zero-order valence-electron chi connectivity index (χ0n) is 22.3. The first-order valence-corrected chi connectivity index (χ1v) is 13.0. The lowest BCUT2D eigenvalue weighted by atomic mass is 10.0. The van der Waals surface area contributed by atoms with Gasteiger partial charge in [-0.25, -0.2) is 14.6 Å². The normalized spacial score (nSPS) is 15.3. The molecule has 0 saturated carbocycles. The zero-order chi connectivity index (χ0) is 27.5. The van der Waals surface area contributed by atoms with E-state index in [1.807, 2.05) is 54.0 Å². The monoisotopic (exact) mass is 524 g/mol. The van der Waals surface area contributed by atoms with Crippen LogP contribution in [-0.2, 0) is 4.74 Å². The molecule has 39 heavy (non-hydrogen) atoms. The van der Waals surface area contributed by atoms with Crippen molar-refractivity contribution in [1.82, 2.24) is 24.3 Å². The fourth-order valence-electron chi connectivity index (χ4n) is 4.50. The first-order chi connectivity index (χ1) is 18.9. The van der Waals surface area contributed by atoms with Crippen molar-refractivity contribution in [3.05, 3.63) is 83.2 Å². The van der Waals surface area contributed by atoms with E-state index in [1.54, 1.807) is 24.0 Å². The van der Waals surface area contributed by atoms with Crippen LogP contribution in [0.2, 0.25) is 0 Å². The van der Waals surface area contributed by atoms with Gasteiger partial charge >= 0.3 is 0 Å². The summed E-state index contributed by atoms with van der Waals surface area (Å²) in [7, 11) is 0. The van der Waals surface area contributed by atoms with Gasteiger partial charge in [-0.2, -0.15) is 10.4 Å². The van der Waals surface area contributed by atoms with Crippen LogP contribution in [-0.4, -0.2) is 42.6 Å². The number of hydrogen-bond acceptors (Lipinski definition) is 8. The lowest BCUT2D eigenvalue weighted by Gasteiger charge is -2.26. The molecule has 5 rings (SSSR count). The highest BCUT2D eigenvalue weighted by atomic mass is 16.5. The van der Waals surface area contributed by atoms with Crippen LogP contribution in [0.4, 0.5) is 5.69 Å². The minimum atomic E-state index is -0.763. The topological polar surface area (TPSA) is 140 Å². The quantitative estimate of drug-likeness (QED) is 0.273. The van der Waals surface area contributed by atoms with Crippen molar-refractivity contribution in [1.29, 1.82) is 5.26 Å². The van der Waals surface area contributed by atoms with E-state index >= 15 is 0 Å². The largest absolute Gasteiger partial charge is 0.402 e. The van der Waals surface area contributed by atoms with Crippen molar-refractivity contribution in [2.24, 2.45) is 11.7 Å². The van der Waals surface area contributed by atoms with Gasteiger partial charge in [-0.05, 0) is 68.8 Å². The standard InChI is InChI=1S/C29H32N8O2/c1-4-5-21(6-9-25(31)20-15-39-16-20)33-22-7-10-27-26(13-22)32-17-36(27)28-11-8-24(19(3)38)29(34-28)37-18(2)12-23(14-30)35-37/h6-13,17,19-20,33,38H,4-5,15-16,31H2,1-3H3/b21-6+,25-9-. The summed E-state index contributed by atoms with van der Waals surface area (Å²) in [5, 5.41) is 27.5. The van der Waals surface area contributed by atoms with Crippen molar-refractivity contribution in [2.75, 3.05) is 18.5 Å². The van der Waals surface area contributed by atoms with E-state index in [9.17, 15) is 10.4 Å². The summed E-state index contributed by atoms with van der Waals surface area (Å²) in [6.45, 7) is 7.04. The van der Waals surface area contributed by atoms with Crippen molar-refractivity contribution < 1.29 is 9.84 Å². The van der Waals surface area contributed by atoms with Crippen LogP contribution in [0.3, 0.4) is 0 Å². The van der Waals surface area contributed by atoms with Crippen LogP contribution in [0.25, 0.3) is 22.7 Å². The molecule has 0 radical (unpaired) electrons. The number of nitrogens with two attached hydrogens (primary N) is 1. The molecular weight excluding hydrogens is 492 g/mol. The molecule has 1 unspecified atom stereocenters. The number of allylic oxidation sites excluding steroid dienone is 3. The molecule has 10 heteroatoms. The number of nitrogens with one attached hydrogen (secondary N) is 1. The van der Waals surface area contributed by atoms with Crippen LogP contribution in [0.5, 0.6) is 0 Å². The number of nitriles is 1. The van der Waals surface area contributed by atoms with Gasteiger partial charge in [-0.15, -0.1) is 0 Å². The van der Waals surface area contributed by atoms with Crippen LogP contribution < -0.4 is 11.1 Å². The van der Waals surface area contributed by atoms with Crippen molar-refractivity contribution in [3.8, 4) is 17.7 Å². The molecular formula is C29H32N8O2. The van der Waals surface area contributed by atoms with E-state index in [1.165, 1.54) is 0 Å². The number of aryl methyl sites for hydroxylation is 1. The molecule has 1 atom stereocenters. The van der Waals surface area contributed by atoms with Gasteiger partial charge in [-0.3, -0.25) is 4.57 Å². The molecule has 0 spiro atoms. The third-order valence-electron chi connectivity index (χ3n) is 6.75.